The van der Waals surface area contributed by atoms with E-state index in [2.05, 4.69) is 37.6 Å². The molecule has 2 nitrogen and oxygen atoms in total. The third kappa shape index (κ3) is 3.62. The van der Waals surface area contributed by atoms with Crippen molar-refractivity contribution in [2.45, 2.75) is 58.2 Å². The monoisotopic (exact) mass is 210 g/mol. The van der Waals surface area contributed by atoms with Crippen LogP contribution < -0.4 is 5.32 Å². The summed E-state index contributed by atoms with van der Waals surface area (Å²) >= 11 is 0. The maximum atomic E-state index is 3.83. The highest BCUT2D eigenvalue weighted by molar-refractivity contribution is 4.88. The molecule has 1 aliphatic heterocycles. The zero-order valence-corrected chi connectivity index (χ0v) is 10.5. The van der Waals surface area contributed by atoms with Gasteiger partial charge in [-0.1, -0.05) is 19.4 Å². The van der Waals surface area contributed by atoms with Gasteiger partial charge in [0.2, 0.25) is 0 Å². The molecule has 0 bridgehead atoms. The van der Waals surface area contributed by atoms with E-state index in [1.165, 1.54) is 19.4 Å². The van der Waals surface area contributed by atoms with Gasteiger partial charge >= 0.3 is 0 Å². The largest absolute Gasteiger partial charge is 0.311 e. The lowest BCUT2D eigenvalue weighted by atomic mass is 10.0. The van der Waals surface area contributed by atoms with Gasteiger partial charge < -0.3 is 5.32 Å². The Balaban J connectivity index is 2.48. The smallest absolute Gasteiger partial charge is 0.0196 e. The van der Waals surface area contributed by atoms with Crippen LogP contribution in [0.3, 0.4) is 0 Å². The summed E-state index contributed by atoms with van der Waals surface area (Å²) in [6, 6.07) is 1.99. The van der Waals surface area contributed by atoms with Crippen molar-refractivity contribution in [2.75, 3.05) is 13.1 Å². The van der Waals surface area contributed by atoms with Crippen molar-refractivity contribution in [1.82, 2.24) is 10.2 Å². The van der Waals surface area contributed by atoms with Gasteiger partial charge in [-0.15, -0.1) is 6.58 Å². The first-order chi connectivity index (χ1) is 7.19. The van der Waals surface area contributed by atoms with E-state index in [4.69, 9.17) is 0 Å². The van der Waals surface area contributed by atoms with E-state index in [9.17, 15) is 0 Å². The molecule has 0 aromatic carbocycles. The zero-order chi connectivity index (χ0) is 11.3. The van der Waals surface area contributed by atoms with E-state index in [0.717, 1.165) is 13.0 Å². The number of nitrogens with zero attached hydrogens (tertiary/aromatic N) is 1. The van der Waals surface area contributed by atoms with Crippen molar-refractivity contribution in [3.63, 3.8) is 0 Å². The van der Waals surface area contributed by atoms with E-state index in [0.29, 0.717) is 18.1 Å². The first-order valence-electron chi connectivity index (χ1n) is 6.29. The van der Waals surface area contributed by atoms with Crippen LogP contribution in [0.15, 0.2) is 12.7 Å². The van der Waals surface area contributed by atoms with Crippen LogP contribution in [0.4, 0.5) is 0 Å². The topological polar surface area (TPSA) is 15.3 Å². The first kappa shape index (κ1) is 12.7. The van der Waals surface area contributed by atoms with Gasteiger partial charge in [-0.3, -0.25) is 4.90 Å². The Hall–Kier alpha value is -0.340. The van der Waals surface area contributed by atoms with E-state index >= 15 is 0 Å². The molecule has 1 fully saturated rings. The minimum Gasteiger partial charge on any atom is -0.311 e. The summed E-state index contributed by atoms with van der Waals surface area (Å²) in [7, 11) is 0. The second kappa shape index (κ2) is 6.29. The van der Waals surface area contributed by atoms with Crippen LogP contribution >= 0.6 is 0 Å². The fourth-order valence-corrected chi connectivity index (χ4v) is 2.49. The molecule has 1 saturated heterocycles. The van der Waals surface area contributed by atoms with Crippen LogP contribution in [0.2, 0.25) is 0 Å². The standard InChI is InChI=1S/C13H26N2/c1-5-7-11(3)15-10-13(8-6-2)14-9-12(15)4/h5,11-14H,1,6-10H2,2-4H3. The molecule has 0 aliphatic carbocycles. The quantitative estimate of drug-likeness (QED) is 0.701. The molecule has 0 amide bonds. The highest BCUT2D eigenvalue weighted by atomic mass is 15.2. The van der Waals surface area contributed by atoms with Gasteiger partial charge in [0.1, 0.15) is 0 Å². The number of hydrogen-bond acceptors (Lipinski definition) is 2. The molecule has 3 unspecified atom stereocenters. The van der Waals surface area contributed by atoms with Crippen molar-refractivity contribution < 1.29 is 0 Å². The lowest BCUT2D eigenvalue weighted by molar-refractivity contribution is 0.0971. The van der Waals surface area contributed by atoms with Crippen molar-refractivity contribution in [3.05, 3.63) is 12.7 Å². The molecule has 0 spiro atoms. The molecule has 0 saturated carbocycles. The second-order valence-corrected chi connectivity index (χ2v) is 4.81. The molecule has 0 radical (unpaired) electrons. The highest BCUT2D eigenvalue weighted by Gasteiger charge is 2.26. The predicted molar refractivity (Wildman–Crippen MR) is 67.1 cm³/mol. The van der Waals surface area contributed by atoms with Crippen molar-refractivity contribution in [2.24, 2.45) is 0 Å². The van der Waals surface area contributed by atoms with Gasteiger partial charge in [-0.2, -0.15) is 0 Å². The highest BCUT2D eigenvalue weighted by Crippen LogP contribution is 2.15. The van der Waals surface area contributed by atoms with Crippen LogP contribution in [0.5, 0.6) is 0 Å². The number of nitrogens with one attached hydrogen (secondary N) is 1. The summed E-state index contributed by atoms with van der Waals surface area (Å²) in [5.41, 5.74) is 0. The van der Waals surface area contributed by atoms with Crippen LogP contribution in [-0.2, 0) is 0 Å². The van der Waals surface area contributed by atoms with Crippen molar-refractivity contribution in [1.29, 1.82) is 0 Å². The summed E-state index contributed by atoms with van der Waals surface area (Å²) in [5, 5.41) is 3.63. The van der Waals surface area contributed by atoms with Gasteiger partial charge in [0.05, 0.1) is 0 Å². The second-order valence-electron chi connectivity index (χ2n) is 4.81. The number of hydrogen-bond donors (Lipinski definition) is 1. The Morgan fingerprint density at radius 1 is 1.60 bits per heavy atom. The molecule has 1 heterocycles. The van der Waals surface area contributed by atoms with Crippen LogP contribution in [0.1, 0.15) is 40.0 Å². The molecule has 2 heteroatoms. The molecule has 0 aromatic rings. The Kier molecular flexibility index (Phi) is 5.34. The molecule has 1 N–H and O–H groups in total. The molecule has 15 heavy (non-hydrogen) atoms. The van der Waals surface area contributed by atoms with Gasteiger partial charge in [-0.05, 0) is 26.7 Å². The fraction of sp³-hybridized carbons (Fsp3) is 0.846. The van der Waals surface area contributed by atoms with Gasteiger partial charge in [-0.25, -0.2) is 0 Å². The summed E-state index contributed by atoms with van der Waals surface area (Å²) in [5.74, 6) is 0. The average molecular weight is 210 g/mol. The van der Waals surface area contributed by atoms with Crippen molar-refractivity contribution in [3.8, 4) is 0 Å². The Bertz CT molecular complexity index is 191. The summed E-state index contributed by atoms with van der Waals surface area (Å²) in [6.07, 6.45) is 5.71. The normalized spacial score (nSPS) is 30.1. The third-order valence-electron chi connectivity index (χ3n) is 3.41. The first-order valence-corrected chi connectivity index (χ1v) is 6.29. The Morgan fingerprint density at radius 2 is 2.33 bits per heavy atom. The fourth-order valence-electron chi connectivity index (χ4n) is 2.49. The zero-order valence-electron chi connectivity index (χ0n) is 10.5. The molecule has 3 atom stereocenters. The van der Waals surface area contributed by atoms with Gasteiger partial charge in [0, 0.05) is 31.2 Å². The minimum atomic E-state index is 0.638. The van der Waals surface area contributed by atoms with Gasteiger partial charge in [0.15, 0.2) is 0 Å². The predicted octanol–water partition coefficient (Wildman–Crippen LogP) is 2.41. The van der Waals surface area contributed by atoms with Crippen LogP contribution in [0, 0.1) is 0 Å². The lowest BCUT2D eigenvalue weighted by Crippen LogP contribution is -2.57. The Morgan fingerprint density at radius 3 is 2.93 bits per heavy atom. The maximum absolute atomic E-state index is 3.83. The Labute approximate surface area is 94.7 Å². The average Bonchev–Trinajstić information content (AvgIpc) is 2.21. The molecular formula is C13H26N2. The van der Waals surface area contributed by atoms with E-state index in [1.54, 1.807) is 0 Å². The molecule has 88 valence electrons. The van der Waals surface area contributed by atoms with Crippen LogP contribution in [0.25, 0.3) is 0 Å². The maximum Gasteiger partial charge on any atom is 0.0196 e. The van der Waals surface area contributed by atoms with E-state index in [-0.39, 0.29) is 0 Å². The molecule has 1 rings (SSSR count). The summed E-state index contributed by atoms with van der Waals surface area (Å²) < 4.78 is 0. The summed E-state index contributed by atoms with van der Waals surface area (Å²) in [4.78, 5) is 2.62. The number of rotatable bonds is 5. The molecule has 1 aliphatic rings. The van der Waals surface area contributed by atoms with Crippen molar-refractivity contribution >= 4 is 0 Å². The van der Waals surface area contributed by atoms with E-state index < -0.39 is 0 Å². The molecular weight excluding hydrogens is 184 g/mol. The molecule has 0 aromatic heterocycles. The SMILES string of the molecule is C=CCC(C)N1CC(CCC)NCC1C. The lowest BCUT2D eigenvalue weighted by Gasteiger charge is -2.42. The third-order valence-corrected chi connectivity index (χ3v) is 3.41. The van der Waals surface area contributed by atoms with E-state index in [1.807, 2.05) is 6.08 Å². The van der Waals surface area contributed by atoms with Crippen LogP contribution in [-0.4, -0.2) is 36.1 Å². The van der Waals surface area contributed by atoms with Gasteiger partial charge in [0.25, 0.3) is 0 Å². The minimum absolute atomic E-state index is 0.638. The summed E-state index contributed by atoms with van der Waals surface area (Å²) in [6.45, 7) is 13.1. The number of piperazine rings is 1.